The van der Waals surface area contributed by atoms with Crippen LogP contribution in [0.1, 0.15) is 5.82 Å². The molecule has 8 heteroatoms. The maximum absolute atomic E-state index is 5.79. The number of rotatable bonds is 8. The number of hydrogen-bond acceptors (Lipinski definition) is 7. The second-order valence-electron chi connectivity index (χ2n) is 5.73. The molecule has 1 saturated heterocycles. The van der Waals surface area contributed by atoms with E-state index in [-0.39, 0.29) is 0 Å². The number of benzene rings is 1. The number of ether oxygens (including phenoxy) is 3. The largest absolute Gasteiger partial charge is 0.497 e. The van der Waals surface area contributed by atoms with Gasteiger partial charge in [-0.05, 0) is 12.1 Å². The lowest BCUT2D eigenvalue weighted by molar-refractivity contribution is 0.0410. The van der Waals surface area contributed by atoms with Gasteiger partial charge >= 0.3 is 0 Å². The van der Waals surface area contributed by atoms with Gasteiger partial charge in [-0.3, -0.25) is 4.90 Å². The molecule has 0 saturated carbocycles. The van der Waals surface area contributed by atoms with E-state index in [2.05, 4.69) is 15.1 Å². The minimum Gasteiger partial charge on any atom is -0.497 e. The molecular weight excluding hydrogens is 340 g/mol. The van der Waals surface area contributed by atoms with E-state index in [0.29, 0.717) is 6.61 Å². The van der Waals surface area contributed by atoms with Crippen molar-refractivity contribution in [1.29, 1.82) is 0 Å². The summed E-state index contributed by atoms with van der Waals surface area (Å²) in [5.74, 6) is 3.32. The third kappa shape index (κ3) is 5.10. The highest BCUT2D eigenvalue weighted by Crippen LogP contribution is 2.21. The fourth-order valence-corrected chi connectivity index (χ4v) is 3.46. The number of methoxy groups -OCH3 is 1. The van der Waals surface area contributed by atoms with Gasteiger partial charge in [0.15, 0.2) is 11.0 Å². The van der Waals surface area contributed by atoms with E-state index in [1.165, 1.54) is 0 Å². The maximum atomic E-state index is 5.79. The van der Waals surface area contributed by atoms with Gasteiger partial charge in [0.25, 0.3) is 0 Å². The highest BCUT2D eigenvalue weighted by molar-refractivity contribution is 7.99. The zero-order valence-electron chi connectivity index (χ0n) is 14.7. The molecule has 1 aromatic heterocycles. The molecule has 0 amide bonds. The van der Waals surface area contributed by atoms with Crippen LogP contribution < -0.4 is 9.47 Å². The van der Waals surface area contributed by atoms with Crippen LogP contribution in [0.4, 0.5) is 0 Å². The molecule has 0 aliphatic carbocycles. The van der Waals surface area contributed by atoms with Gasteiger partial charge in [-0.2, -0.15) is 0 Å². The van der Waals surface area contributed by atoms with Crippen molar-refractivity contribution >= 4 is 11.8 Å². The summed E-state index contributed by atoms with van der Waals surface area (Å²) in [6, 6.07) is 7.54. The quantitative estimate of drug-likeness (QED) is 0.662. The lowest BCUT2D eigenvalue weighted by Gasteiger charge is -2.26. The van der Waals surface area contributed by atoms with Crippen LogP contribution in [0.2, 0.25) is 0 Å². The first-order valence-electron chi connectivity index (χ1n) is 8.34. The Morgan fingerprint density at radius 3 is 2.80 bits per heavy atom. The van der Waals surface area contributed by atoms with Crippen molar-refractivity contribution < 1.29 is 14.2 Å². The molecule has 1 fully saturated rings. The molecule has 3 rings (SSSR count). The van der Waals surface area contributed by atoms with E-state index in [4.69, 9.17) is 14.2 Å². The summed E-state index contributed by atoms with van der Waals surface area (Å²) in [6.07, 6.45) is 0. The maximum Gasteiger partial charge on any atom is 0.191 e. The van der Waals surface area contributed by atoms with Crippen LogP contribution in [-0.4, -0.2) is 65.4 Å². The Labute approximate surface area is 152 Å². The van der Waals surface area contributed by atoms with E-state index in [0.717, 1.165) is 61.1 Å². The van der Waals surface area contributed by atoms with Crippen LogP contribution in [0.15, 0.2) is 29.4 Å². The first kappa shape index (κ1) is 18.0. The predicted molar refractivity (Wildman–Crippen MR) is 96.3 cm³/mol. The minimum absolute atomic E-state index is 0.376. The number of thioether (sulfide) groups is 1. The average molecular weight is 364 g/mol. The summed E-state index contributed by atoms with van der Waals surface area (Å²) in [5.41, 5.74) is 0. The Hall–Kier alpha value is -1.77. The molecule has 0 bridgehead atoms. The van der Waals surface area contributed by atoms with Crippen LogP contribution >= 0.6 is 11.8 Å². The molecule has 0 unspecified atom stereocenters. The first-order chi connectivity index (χ1) is 12.3. The van der Waals surface area contributed by atoms with Crippen molar-refractivity contribution in [1.82, 2.24) is 19.7 Å². The van der Waals surface area contributed by atoms with E-state index in [9.17, 15) is 0 Å². The molecule has 1 aliphatic heterocycles. The third-order valence-corrected chi connectivity index (χ3v) is 5.08. The monoisotopic (exact) mass is 364 g/mol. The summed E-state index contributed by atoms with van der Waals surface area (Å²) in [5, 5.41) is 9.43. The standard InChI is InChI=1S/C17H24N4O3S/c1-20-16(13-24-15-5-3-4-14(12-15)22-2)18-19-17(20)25-11-8-21-6-9-23-10-7-21/h3-5,12H,6-11,13H2,1-2H3. The lowest BCUT2D eigenvalue weighted by atomic mass is 10.3. The molecule has 1 aromatic carbocycles. The Balaban J connectivity index is 1.48. The highest BCUT2D eigenvalue weighted by atomic mass is 32.2. The van der Waals surface area contributed by atoms with E-state index < -0.39 is 0 Å². The van der Waals surface area contributed by atoms with Crippen molar-refractivity contribution in [3.05, 3.63) is 30.1 Å². The molecule has 0 N–H and O–H groups in total. The Bertz CT molecular complexity index is 674. The van der Waals surface area contributed by atoms with Gasteiger partial charge in [0.1, 0.15) is 18.1 Å². The fraction of sp³-hybridized carbons (Fsp3) is 0.529. The molecule has 1 aliphatic rings. The first-order valence-corrected chi connectivity index (χ1v) is 9.33. The van der Waals surface area contributed by atoms with Crippen molar-refractivity contribution in [3.8, 4) is 11.5 Å². The van der Waals surface area contributed by atoms with Gasteiger partial charge in [-0.15, -0.1) is 10.2 Å². The van der Waals surface area contributed by atoms with Crippen molar-refractivity contribution in [2.24, 2.45) is 7.05 Å². The normalized spacial score (nSPS) is 15.3. The fourth-order valence-electron chi connectivity index (χ4n) is 2.53. The Kier molecular flexibility index (Phi) is 6.55. The van der Waals surface area contributed by atoms with Crippen LogP contribution in [-0.2, 0) is 18.4 Å². The molecule has 7 nitrogen and oxygen atoms in total. The number of aromatic nitrogens is 3. The van der Waals surface area contributed by atoms with Gasteiger partial charge in [0, 0.05) is 38.5 Å². The van der Waals surface area contributed by atoms with Gasteiger partial charge in [-0.1, -0.05) is 17.8 Å². The van der Waals surface area contributed by atoms with Crippen LogP contribution in [0.5, 0.6) is 11.5 Å². The van der Waals surface area contributed by atoms with Gasteiger partial charge in [0.2, 0.25) is 0 Å². The zero-order chi connectivity index (χ0) is 17.5. The summed E-state index contributed by atoms with van der Waals surface area (Å²) in [4.78, 5) is 2.42. The number of morpholine rings is 1. The van der Waals surface area contributed by atoms with Crippen molar-refractivity contribution in [3.63, 3.8) is 0 Å². The van der Waals surface area contributed by atoms with E-state index >= 15 is 0 Å². The molecule has 136 valence electrons. The molecular formula is C17H24N4O3S. The summed E-state index contributed by atoms with van der Waals surface area (Å²) >= 11 is 1.72. The van der Waals surface area contributed by atoms with Crippen molar-refractivity contribution in [2.75, 3.05) is 45.7 Å². The minimum atomic E-state index is 0.376. The molecule has 25 heavy (non-hydrogen) atoms. The van der Waals surface area contributed by atoms with Crippen LogP contribution in [0.3, 0.4) is 0 Å². The summed E-state index contributed by atoms with van der Waals surface area (Å²) in [6.45, 7) is 5.11. The SMILES string of the molecule is COc1cccc(OCc2nnc(SCCN3CCOCC3)n2C)c1. The van der Waals surface area contributed by atoms with Crippen LogP contribution in [0, 0.1) is 0 Å². The van der Waals surface area contributed by atoms with E-state index in [1.54, 1.807) is 18.9 Å². The highest BCUT2D eigenvalue weighted by Gasteiger charge is 2.13. The molecule has 0 radical (unpaired) electrons. The summed E-state index contributed by atoms with van der Waals surface area (Å²) < 4.78 is 18.4. The smallest absolute Gasteiger partial charge is 0.191 e. The van der Waals surface area contributed by atoms with Gasteiger partial charge < -0.3 is 18.8 Å². The van der Waals surface area contributed by atoms with Crippen LogP contribution in [0.25, 0.3) is 0 Å². The zero-order valence-corrected chi connectivity index (χ0v) is 15.5. The topological polar surface area (TPSA) is 61.6 Å². The molecule has 2 heterocycles. The molecule has 0 atom stereocenters. The molecule has 0 spiro atoms. The number of hydrogen-bond donors (Lipinski definition) is 0. The van der Waals surface area contributed by atoms with E-state index in [1.807, 2.05) is 35.9 Å². The van der Waals surface area contributed by atoms with Gasteiger partial charge in [-0.25, -0.2) is 0 Å². The predicted octanol–water partition coefficient (Wildman–Crippen LogP) is 1.83. The number of nitrogens with zero attached hydrogens (tertiary/aromatic N) is 4. The second-order valence-corrected chi connectivity index (χ2v) is 6.79. The Morgan fingerprint density at radius 1 is 1.20 bits per heavy atom. The lowest BCUT2D eigenvalue weighted by Crippen LogP contribution is -2.37. The third-order valence-electron chi connectivity index (χ3n) is 4.08. The molecule has 2 aromatic rings. The van der Waals surface area contributed by atoms with Gasteiger partial charge in [0.05, 0.1) is 20.3 Å². The second kappa shape index (κ2) is 9.07. The Morgan fingerprint density at radius 2 is 2.00 bits per heavy atom. The summed E-state index contributed by atoms with van der Waals surface area (Å²) in [7, 11) is 3.61. The van der Waals surface area contributed by atoms with Crippen molar-refractivity contribution in [2.45, 2.75) is 11.8 Å². The average Bonchev–Trinajstić information content (AvgIpc) is 3.01.